The molecule has 0 N–H and O–H groups in total. The standard InChI is InChI=1S/C11H11BrClNO/c1-7-2-3-8(6-10(7)13)14-5-4-9(12)11(14)15/h2-3,6,9H,4-5H2,1H3. The van der Waals surface area contributed by atoms with Crippen molar-refractivity contribution in [3.8, 4) is 0 Å². The Morgan fingerprint density at radius 2 is 2.27 bits per heavy atom. The number of carbonyl (C=O) groups excluding carboxylic acids is 1. The van der Waals surface area contributed by atoms with Crippen LogP contribution in [-0.4, -0.2) is 17.3 Å². The van der Waals surface area contributed by atoms with Gasteiger partial charge in [0.25, 0.3) is 0 Å². The second-order valence-electron chi connectivity index (χ2n) is 3.68. The van der Waals surface area contributed by atoms with E-state index in [2.05, 4.69) is 15.9 Å². The normalized spacial score (nSPS) is 21.1. The number of hydrogen-bond acceptors (Lipinski definition) is 1. The molecule has 80 valence electrons. The number of halogens is 2. The highest BCUT2D eigenvalue weighted by Crippen LogP contribution is 2.28. The van der Waals surface area contributed by atoms with Gasteiger partial charge in [-0.1, -0.05) is 33.6 Å². The van der Waals surface area contributed by atoms with Gasteiger partial charge in [-0.3, -0.25) is 4.79 Å². The molecule has 1 fully saturated rings. The van der Waals surface area contributed by atoms with Gasteiger partial charge in [0.05, 0.1) is 4.83 Å². The number of aryl methyl sites for hydroxylation is 1. The van der Waals surface area contributed by atoms with Gasteiger partial charge in [0.1, 0.15) is 0 Å². The van der Waals surface area contributed by atoms with E-state index in [0.29, 0.717) is 5.02 Å². The molecule has 0 aliphatic carbocycles. The first-order valence-electron chi connectivity index (χ1n) is 4.81. The summed E-state index contributed by atoms with van der Waals surface area (Å²) in [6.07, 6.45) is 0.852. The van der Waals surface area contributed by atoms with E-state index in [1.54, 1.807) is 4.90 Å². The van der Waals surface area contributed by atoms with Crippen molar-refractivity contribution < 1.29 is 4.79 Å². The van der Waals surface area contributed by atoms with E-state index in [4.69, 9.17) is 11.6 Å². The topological polar surface area (TPSA) is 20.3 Å². The van der Waals surface area contributed by atoms with E-state index in [9.17, 15) is 4.79 Å². The van der Waals surface area contributed by atoms with Gasteiger partial charge >= 0.3 is 0 Å². The highest BCUT2D eigenvalue weighted by Gasteiger charge is 2.30. The summed E-state index contributed by atoms with van der Waals surface area (Å²) < 4.78 is 0. The van der Waals surface area contributed by atoms with Crippen LogP contribution in [0.1, 0.15) is 12.0 Å². The molecule has 1 saturated heterocycles. The number of alkyl halides is 1. The van der Waals surface area contributed by atoms with Crippen LogP contribution < -0.4 is 4.90 Å². The number of hydrogen-bond donors (Lipinski definition) is 0. The molecule has 1 aromatic carbocycles. The summed E-state index contributed by atoms with van der Waals surface area (Å²) in [5.41, 5.74) is 1.92. The van der Waals surface area contributed by atoms with Crippen molar-refractivity contribution in [1.29, 1.82) is 0 Å². The van der Waals surface area contributed by atoms with Gasteiger partial charge in [0, 0.05) is 17.3 Å². The van der Waals surface area contributed by atoms with Crippen molar-refractivity contribution in [2.45, 2.75) is 18.2 Å². The summed E-state index contributed by atoms with van der Waals surface area (Å²) in [7, 11) is 0. The molecule has 2 rings (SSSR count). The van der Waals surface area contributed by atoms with Crippen LogP contribution in [0.25, 0.3) is 0 Å². The SMILES string of the molecule is Cc1ccc(N2CCC(Br)C2=O)cc1Cl. The molecule has 1 amide bonds. The van der Waals surface area contributed by atoms with Crippen LogP contribution in [0.4, 0.5) is 5.69 Å². The van der Waals surface area contributed by atoms with E-state index >= 15 is 0 Å². The third-order valence-corrected chi connectivity index (χ3v) is 3.86. The third-order valence-electron chi connectivity index (χ3n) is 2.61. The lowest BCUT2D eigenvalue weighted by atomic mass is 10.2. The average molecular weight is 289 g/mol. The molecular weight excluding hydrogens is 277 g/mol. The van der Waals surface area contributed by atoms with Crippen molar-refractivity contribution in [2.24, 2.45) is 0 Å². The number of anilines is 1. The first-order chi connectivity index (χ1) is 7.09. The van der Waals surface area contributed by atoms with Gasteiger partial charge in [-0.05, 0) is 31.0 Å². The number of rotatable bonds is 1. The zero-order valence-electron chi connectivity index (χ0n) is 8.34. The van der Waals surface area contributed by atoms with Crippen LogP contribution in [0.3, 0.4) is 0 Å². The molecule has 1 heterocycles. The van der Waals surface area contributed by atoms with E-state index < -0.39 is 0 Å². The molecule has 1 aliphatic heterocycles. The van der Waals surface area contributed by atoms with Gasteiger partial charge in [0.2, 0.25) is 5.91 Å². The Kier molecular flexibility index (Phi) is 3.03. The smallest absolute Gasteiger partial charge is 0.240 e. The Balaban J connectivity index is 2.31. The molecule has 1 atom stereocenters. The second kappa shape index (κ2) is 4.14. The van der Waals surface area contributed by atoms with Crippen LogP contribution in [-0.2, 0) is 4.79 Å². The zero-order chi connectivity index (χ0) is 11.0. The monoisotopic (exact) mass is 287 g/mol. The molecule has 0 aromatic heterocycles. The van der Waals surface area contributed by atoms with Crippen LogP contribution in [0.2, 0.25) is 5.02 Å². The molecule has 1 aromatic rings. The number of amides is 1. The first kappa shape index (κ1) is 11.0. The highest BCUT2D eigenvalue weighted by molar-refractivity contribution is 9.10. The average Bonchev–Trinajstić information content (AvgIpc) is 2.53. The third kappa shape index (κ3) is 2.04. The van der Waals surface area contributed by atoms with E-state index in [1.165, 1.54) is 0 Å². The Morgan fingerprint density at radius 1 is 1.53 bits per heavy atom. The van der Waals surface area contributed by atoms with E-state index in [1.807, 2.05) is 25.1 Å². The predicted octanol–water partition coefficient (Wildman–Crippen LogP) is 3.15. The van der Waals surface area contributed by atoms with Crippen LogP contribution >= 0.6 is 27.5 Å². The lowest BCUT2D eigenvalue weighted by Crippen LogP contribution is -2.26. The Hall–Kier alpha value is -0.540. The van der Waals surface area contributed by atoms with Crippen LogP contribution in [0.15, 0.2) is 18.2 Å². The second-order valence-corrected chi connectivity index (χ2v) is 5.19. The maximum Gasteiger partial charge on any atom is 0.240 e. The molecular formula is C11H11BrClNO. The Labute approximate surface area is 102 Å². The fourth-order valence-electron chi connectivity index (χ4n) is 1.65. The molecule has 1 aliphatic rings. The molecule has 0 radical (unpaired) electrons. The van der Waals surface area contributed by atoms with Crippen molar-refractivity contribution in [2.75, 3.05) is 11.4 Å². The minimum absolute atomic E-state index is 0.0439. The molecule has 2 nitrogen and oxygen atoms in total. The van der Waals surface area contributed by atoms with E-state index in [-0.39, 0.29) is 10.7 Å². The summed E-state index contributed by atoms with van der Waals surface area (Å²) >= 11 is 9.38. The van der Waals surface area contributed by atoms with Crippen LogP contribution in [0.5, 0.6) is 0 Å². The Bertz CT molecular complexity index is 408. The van der Waals surface area contributed by atoms with E-state index in [0.717, 1.165) is 24.2 Å². The zero-order valence-corrected chi connectivity index (χ0v) is 10.7. The van der Waals surface area contributed by atoms with Gasteiger partial charge in [-0.25, -0.2) is 0 Å². The summed E-state index contributed by atoms with van der Waals surface area (Å²) in [5, 5.41) is 0.707. The Morgan fingerprint density at radius 3 is 2.80 bits per heavy atom. The fourth-order valence-corrected chi connectivity index (χ4v) is 2.28. The molecule has 4 heteroatoms. The maximum absolute atomic E-state index is 11.7. The van der Waals surface area contributed by atoms with Gasteiger partial charge in [0.15, 0.2) is 0 Å². The largest absolute Gasteiger partial charge is 0.311 e. The maximum atomic E-state index is 11.7. The molecule has 0 saturated carbocycles. The summed E-state index contributed by atoms with van der Waals surface area (Å²) in [4.78, 5) is 13.5. The predicted molar refractivity (Wildman–Crippen MR) is 65.9 cm³/mol. The van der Waals surface area contributed by atoms with Crippen molar-refractivity contribution in [3.63, 3.8) is 0 Å². The van der Waals surface area contributed by atoms with Crippen molar-refractivity contribution in [1.82, 2.24) is 0 Å². The highest BCUT2D eigenvalue weighted by atomic mass is 79.9. The number of carbonyl (C=O) groups is 1. The van der Waals surface area contributed by atoms with Crippen molar-refractivity contribution in [3.05, 3.63) is 28.8 Å². The van der Waals surface area contributed by atoms with Gasteiger partial charge < -0.3 is 4.90 Å². The van der Waals surface area contributed by atoms with Gasteiger partial charge in [-0.15, -0.1) is 0 Å². The number of benzene rings is 1. The lowest BCUT2D eigenvalue weighted by molar-refractivity contribution is -0.116. The lowest BCUT2D eigenvalue weighted by Gasteiger charge is -2.16. The molecule has 15 heavy (non-hydrogen) atoms. The first-order valence-corrected chi connectivity index (χ1v) is 6.10. The quantitative estimate of drug-likeness (QED) is 0.727. The summed E-state index contributed by atoms with van der Waals surface area (Å²) in [6, 6.07) is 5.72. The van der Waals surface area contributed by atoms with Crippen LogP contribution in [0, 0.1) is 6.92 Å². The van der Waals surface area contributed by atoms with Crippen molar-refractivity contribution >= 4 is 39.1 Å². The molecule has 0 spiro atoms. The fraction of sp³-hybridized carbons (Fsp3) is 0.364. The van der Waals surface area contributed by atoms with Gasteiger partial charge in [-0.2, -0.15) is 0 Å². The molecule has 1 unspecified atom stereocenters. The summed E-state index contributed by atoms with van der Waals surface area (Å²) in [5.74, 6) is 0.120. The summed E-state index contributed by atoms with van der Waals surface area (Å²) in [6.45, 7) is 2.71. The minimum atomic E-state index is -0.0439. The number of nitrogens with zero attached hydrogens (tertiary/aromatic N) is 1. The molecule has 0 bridgehead atoms. The minimum Gasteiger partial charge on any atom is -0.311 e.